The van der Waals surface area contributed by atoms with Gasteiger partial charge in [-0.2, -0.15) is 0 Å². The van der Waals surface area contributed by atoms with E-state index in [1.165, 1.54) is 0 Å². The molecule has 7 heteroatoms. The number of nitro groups is 1. The first-order valence-electron chi connectivity index (χ1n) is 2.58. The van der Waals surface area contributed by atoms with Crippen LogP contribution in [0.5, 0.6) is 0 Å². The lowest BCUT2D eigenvalue weighted by Crippen LogP contribution is -1.91. The van der Waals surface area contributed by atoms with Gasteiger partial charge in [0, 0.05) is 17.1 Å². The Bertz CT molecular complexity index is 188. The summed E-state index contributed by atoms with van der Waals surface area (Å²) >= 11 is 0. The van der Waals surface area contributed by atoms with Crippen molar-refractivity contribution in [3.05, 3.63) is 22.3 Å². The van der Waals surface area contributed by atoms with Crippen LogP contribution < -0.4 is 0 Å². The first kappa shape index (κ1) is 12.7. The molecule has 0 aromatic carbocycles. The van der Waals surface area contributed by atoms with Gasteiger partial charge in [0.1, 0.15) is 0 Å². The van der Waals surface area contributed by atoms with Crippen molar-refractivity contribution in [2.75, 3.05) is 7.05 Å². The molecule has 0 heterocycles. The molecule has 0 fully saturated rings. The molecule has 2 N–H and O–H groups in total. The molecular weight excluding hydrogens is 170 g/mol. The number of carboxylic acid groups (broad SMARTS) is 2. The number of nitrogens with zero attached hydrogens (tertiary/aromatic N) is 1. The van der Waals surface area contributed by atoms with Crippen molar-refractivity contribution < 1.29 is 24.7 Å². The number of rotatable bonds is 2. The van der Waals surface area contributed by atoms with Gasteiger partial charge < -0.3 is 10.2 Å². The van der Waals surface area contributed by atoms with Gasteiger partial charge >= 0.3 is 11.9 Å². The molecule has 0 aromatic heterocycles. The Kier molecular flexibility index (Phi) is 7.63. The lowest BCUT2D eigenvalue weighted by atomic mass is 10.5. The highest BCUT2D eigenvalue weighted by Crippen LogP contribution is 1.70. The van der Waals surface area contributed by atoms with Crippen LogP contribution in [0.1, 0.15) is 0 Å². The molecule has 0 radical (unpaired) electrons. The predicted octanol–water partition coefficient (Wildman–Crippen LogP) is -0.395. The Labute approximate surface area is 67.1 Å². The van der Waals surface area contributed by atoms with E-state index >= 15 is 0 Å². The van der Waals surface area contributed by atoms with Gasteiger partial charge in [0.05, 0.1) is 0 Å². The molecule has 0 saturated carbocycles. The Morgan fingerprint density at radius 3 is 1.50 bits per heavy atom. The second kappa shape index (κ2) is 7.19. The van der Waals surface area contributed by atoms with Crippen LogP contribution in [0.25, 0.3) is 0 Å². The summed E-state index contributed by atoms with van der Waals surface area (Å²) in [7, 11) is 0.889. The van der Waals surface area contributed by atoms with Gasteiger partial charge in [-0.1, -0.05) is 0 Å². The minimum Gasteiger partial charge on any atom is -0.478 e. The minimum atomic E-state index is -1.26. The van der Waals surface area contributed by atoms with E-state index in [0.29, 0.717) is 12.2 Å². The molecule has 0 aliphatic carbocycles. The maximum absolute atomic E-state index is 9.55. The second-order valence-corrected chi connectivity index (χ2v) is 1.45. The number of hydrogen-bond donors (Lipinski definition) is 2. The molecule has 0 aliphatic rings. The Morgan fingerprint density at radius 1 is 1.25 bits per heavy atom. The molecule has 0 bridgehead atoms. The Balaban J connectivity index is 0. The molecular formula is C5H7NO6. The number of carboxylic acids is 2. The summed E-state index contributed by atoms with van der Waals surface area (Å²) in [4.78, 5) is 27.4. The van der Waals surface area contributed by atoms with E-state index in [4.69, 9.17) is 20.3 Å². The van der Waals surface area contributed by atoms with Crippen LogP contribution in [-0.4, -0.2) is 34.1 Å². The third-order valence-corrected chi connectivity index (χ3v) is 0.368. The zero-order valence-corrected chi connectivity index (χ0v) is 6.13. The number of carbonyl (C=O) groups is 2. The zero-order valence-electron chi connectivity index (χ0n) is 6.13. The fourth-order valence-corrected chi connectivity index (χ4v) is 0.143. The summed E-state index contributed by atoms with van der Waals surface area (Å²) < 4.78 is 0. The minimum absolute atomic E-state index is 0.500. The molecule has 12 heavy (non-hydrogen) atoms. The first-order chi connectivity index (χ1) is 5.36. The van der Waals surface area contributed by atoms with Gasteiger partial charge in [-0.25, -0.2) is 9.59 Å². The van der Waals surface area contributed by atoms with Crippen LogP contribution in [0.3, 0.4) is 0 Å². The molecule has 0 rings (SSSR count). The van der Waals surface area contributed by atoms with Gasteiger partial charge in [-0.3, -0.25) is 10.1 Å². The standard InChI is InChI=1S/C4H4O4.CH3NO2/c5-3(6)1-2-4(7)8;1-2(3)4/h1-2H,(H,5,6)(H,7,8);1H3/b2-1-;. The van der Waals surface area contributed by atoms with E-state index in [0.717, 1.165) is 7.05 Å². The van der Waals surface area contributed by atoms with Crippen LogP contribution in [0.2, 0.25) is 0 Å². The largest absolute Gasteiger partial charge is 0.478 e. The third kappa shape index (κ3) is 42.7. The monoisotopic (exact) mass is 177 g/mol. The molecule has 0 unspecified atom stereocenters. The summed E-state index contributed by atoms with van der Waals surface area (Å²) in [5.41, 5.74) is 0. The quantitative estimate of drug-likeness (QED) is 0.336. The van der Waals surface area contributed by atoms with E-state index in [-0.39, 0.29) is 0 Å². The third-order valence-electron chi connectivity index (χ3n) is 0.368. The smallest absolute Gasteiger partial charge is 0.328 e. The van der Waals surface area contributed by atoms with E-state index in [9.17, 15) is 9.59 Å². The van der Waals surface area contributed by atoms with Crippen LogP contribution in [0.4, 0.5) is 0 Å². The summed E-state index contributed by atoms with van der Waals surface area (Å²) in [5, 5.41) is 24.4. The summed E-state index contributed by atoms with van der Waals surface area (Å²) in [6, 6.07) is 0. The average molecular weight is 177 g/mol. The normalized spacial score (nSPS) is 8.42. The Morgan fingerprint density at radius 2 is 1.42 bits per heavy atom. The molecule has 0 atom stereocenters. The highest BCUT2D eigenvalue weighted by atomic mass is 16.6. The van der Waals surface area contributed by atoms with Gasteiger partial charge in [0.2, 0.25) is 0 Å². The van der Waals surface area contributed by atoms with Gasteiger partial charge in [-0.15, -0.1) is 0 Å². The van der Waals surface area contributed by atoms with E-state index in [1.54, 1.807) is 0 Å². The predicted molar refractivity (Wildman–Crippen MR) is 37.3 cm³/mol. The topological polar surface area (TPSA) is 118 Å². The second-order valence-electron chi connectivity index (χ2n) is 1.45. The van der Waals surface area contributed by atoms with Crippen LogP contribution in [-0.2, 0) is 9.59 Å². The fourth-order valence-electron chi connectivity index (χ4n) is 0.143. The molecule has 0 amide bonds. The average Bonchev–Trinajstić information content (AvgIpc) is 1.82. The molecule has 0 spiro atoms. The SMILES string of the molecule is C[N+](=O)[O-].O=C(O)/C=C\C(=O)O. The maximum atomic E-state index is 9.55. The Hall–Kier alpha value is -1.92. The van der Waals surface area contributed by atoms with Gasteiger partial charge in [-0.05, 0) is 0 Å². The molecule has 0 aromatic rings. The summed E-state index contributed by atoms with van der Waals surface area (Å²) in [5.74, 6) is -2.51. The van der Waals surface area contributed by atoms with Gasteiger partial charge in [0.15, 0.2) is 7.05 Å². The van der Waals surface area contributed by atoms with E-state index < -0.39 is 16.9 Å². The molecule has 0 saturated heterocycles. The highest BCUT2D eigenvalue weighted by Gasteiger charge is 1.88. The molecule has 0 aliphatic heterocycles. The number of hydrogen-bond acceptors (Lipinski definition) is 4. The van der Waals surface area contributed by atoms with Crippen molar-refractivity contribution >= 4 is 11.9 Å². The molecule has 7 nitrogen and oxygen atoms in total. The summed E-state index contributed by atoms with van der Waals surface area (Å²) in [6.07, 6.45) is 1.12. The van der Waals surface area contributed by atoms with Crippen molar-refractivity contribution in [3.63, 3.8) is 0 Å². The van der Waals surface area contributed by atoms with Crippen molar-refractivity contribution in [2.24, 2.45) is 0 Å². The van der Waals surface area contributed by atoms with Crippen molar-refractivity contribution in [1.29, 1.82) is 0 Å². The van der Waals surface area contributed by atoms with E-state index in [2.05, 4.69) is 0 Å². The van der Waals surface area contributed by atoms with Crippen molar-refractivity contribution in [1.82, 2.24) is 0 Å². The summed E-state index contributed by atoms with van der Waals surface area (Å²) in [6.45, 7) is 0. The lowest BCUT2D eigenvalue weighted by molar-refractivity contribution is -0.445. The number of aliphatic carboxylic acids is 2. The fraction of sp³-hybridized carbons (Fsp3) is 0.200. The molecule has 68 valence electrons. The van der Waals surface area contributed by atoms with Crippen molar-refractivity contribution in [3.8, 4) is 0 Å². The lowest BCUT2D eigenvalue weighted by Gasteiger charge is -1.74. The van der Waals surface area contributed by atoms with Crippen molar-refractivity contribution in [2.45, 2.75) is 0 Å². The van der Waals surface area contributed by atoms with Crippen LogP contribution >= 0.6 is 0 Å². The first-order valence-corrected chi connectivity index (χ1v) is 2.58. The highest BCUT2D eigenvalue weighted by molar-refractivity contribution is 5.89. The van der Waals surface area contributed by atoms with Crippen LogP contribution in [0.15, 0.2) is 12.2 Å². The zero-order chi connectivity index (χ0) is 10.1. The van der Waals surface area contributed by atoms with Crippen LogP contribution in [0, 0.1) is 10.1 Å². The maximum Gasteiger partial charge on any atom is 0.328 e. The van der Waals surface area contributed by atoms with E-state index in [1.807, 2.05) is 0 Å². The van der Waals surface area contributed by atoms with Gasteiger partial charge in [0.25, 0.3) is 0 Å².